The molecule has 92 valence electrons. The van der Waals surface area contributed by atoms with Gasteiger partial charge in [0.1, 0.15) is 0 Å². The van der Waals surface area contributed by atoms with Crippen LogP contribution in [0.5, 0.6) is 0 Å². The van der Waals surface area contributed by atoms with E-state index in [1.54, 1.807) is 0 Å². The second-order valence-electron chi connectivity index (χ2n) is 5.13. The van der Waals surface area contributed by atoms with E-state index in [1.165, 1.54) is 27.7 Å². The van der Waals surface area contributed by atoms with Crippen molar-refractivity contribution in [1.29, 1.82) is 0 Å². The fraction of sp³-hybridized carbons (Fsp3) is 0.467. The van der Waals surface area contributed by atoms with Gasteiger partial charge < -0.3 is 10.7 Å². The number of aromatic amines is 1. The number of rotatable bonds is 3. The smallest absolute Gasteiger partial charge is 0.0491 e. The molecule has 2 heteroatoms. The van der Waals surface area contributed by atoms with E-state index in [2.05, 4.69) is 50.9 Å². The number of benzene rings is 1. The Hall–Kier alpha value is -1.28. The van der Waals surface area contributed by atoms with Crippen LogP contribution < -0.4 is 5.73 Å². The summed E-state index contributed by atoms with van der Waals surface area (Å²) in [6.07, 6.45) is 1.05. The standard InChI is InChI=1S/C15H22N2/c1-5-11-7-6-8-12-13(14(16)9(2)3)10(4)17-15(11)12/h6-9,14,17H,5,16H2,1-4H3. The van der Waals surface area contributed by atoms with E-state index in [1.807, 2.05) is 0 Å². The van der Waals surface area contributed by atoms with Gasteiger partial charge in [-0.1, -0.05) is 39.0 Å². The highest BCUT2D eigenvalue weighted by atomic mass is 14.8. The normalized spacial score (nSPS) is 13.5. The van der Waals surface area contributed by atoms with Gasteiger partial charge in [-0.15, -0.1) is 0 Å². The van der Waals surface area contributed by atoms with Gasteiger partial charge in [0.25, 0.3) is 0 Å². The molecular formula is C15H22N2. The predicted molar refractivity (Wildman–Crippen MR) is 74.2 cm³/mol. The number of nitrogens with two attached hydrogens (primary N) is 1. The molecule has 1 atom stereocenters. The van der Waals surface area contributed by atoms with Gasteiger partial charge in [0, 0.05) is 22.6 Å². The first-order valence-corrected chi connectivity index (χ1v) is 6.41. The van der Waals surface area contributed by atoms with E-state index in [0.29, 0.717) is 5.92 Å². The molecule has 0 saturated carbocycles. The Morgan fingerprint density at radius 2 is 2.00 bits per heavy atom. The number of hydrogen-bond donors (Lipinski definition) is 2. The Labute approximate surface area is 103 Å². The number of aromatic nitrogens is 1. The monoisotopic (exact) mass is 230 g/mol. The van der Waals surface area contributed by atoms with E-state index in [9.17, 15) is 0 Å². The number of H-pyrrole nitrogens is 1. The fourth-order valence-electron chi connectivity index (χ4n) is 2.49. The van der Waals surface area contributed by atoms with Gasteiger partial charge in [0.2, 0.25) is 0 Å². The van der Waals surface area contributed by atoms with E-state index in [0.717, 1.165) is 6.42 Å². The minimum atomic E-state index is 0.107. The topological polar surface area (TPSA) is 41.8 Å². The molecule has 0 aliphatic heterocycles. The van der Waals surface area contributed by atoms with Gasteiger partial charge in [0.05, 0.1) is 0 Å². The molecule has 0 bridgehead atoms. The van der Waals surface area contributed by atoms with E-state index < -0.39 is 0 Å². The highest BCUT2D eigenvalue weighted by Crippen LogP contribution is 2.31. The third-order valence-electron chi connectivity index (χ3n) is 3.59. The maximum absolute atomic E-state index is 6.32. The summed E-state index contributed by atoms with van der Waals surface area (Å²) in [4.78, 5) is 3.50. The summed E-state index contributed by atoms with van der Waals surface area (Å²) in [5, 5.41) is 1.29. The molecule has 1 aromatic heterocycles. The molecular weight excluding hydrogens is 208 g/mol. The lowest BCUT2D eigenvalue weighted by Gasteiger charge is -2.16. The predicted octanol–water partition coefficient (Wildman–Crippen LogP) is 3.69. The maximum Gasteiger partial charge on any atom is 0.0491 e. The summed E-state index contributed by atoms with van der Waals surface area (Å²) in [7, 11) is 0. The Morgan fingerprint density at radius 3 is 2.59 bits per heavy atom. The van der Waals surface area contributed by atoms with Crippen LogP contribution in [0.25, 0.3) is 10.9 Å². The van der Waals surface area contributed by atoms with Crippen molar-refractivity contribution in [3.05, 3.63) is 35.0 Å². The van der Waals surface area contributed by atoms with Crippen LogP contribution in [0.3, 0.4) is 0 Å². The summed E-state index contributed by atoms with van der Waals surface area (Å²) < 4.78 is 0. The maximum atomic E-state index is 6.32. The highest BCUT2D eigenvalue weighted by molar-refractivity contribution is 5.87. The van der Waals surface area contributed by atoms with Crippen LogP contribution in [0.4, 0.5) is 0 Å². The van der Waals surface area contributed by atoms with Crippen LogP contribution in [-0.4, -0.2) is 4.98 Å². The molecule has 0 aliphatic rings. The minimum absolute atomic E-state index is 0.107. The lowest BCUT2D eigenvalue weighted by molar-refractivity contribution is 0.515. The van der Waals surface area contributed by atoms with Crippen LogP contribution in [0.2, 0.25) is 0 Å². The van der Waals surface area contributed by atoms with Crippen molar-refractivity contribution in [2.75, 3.05) is 0 Å². The second kappa shape index (κ2) is 4.53. The summed E-state index contributed by atoms with van der Waals surface area (Å²) in [6, 6.07) is 6.60. The zero-order valence-electron chi connectivity index (χ0n) is 11.2. The molecule has 0 fully saturated rings. The summed E-state index contributed by atoms with van der Waals surface area (Å²) in [6.45, 7) is 8.66. The van der Waals surface area contributed by atoms with Crippen molar-refractivity contribution in [1.82, 2.24) is 4.98 Å². The largest absolute Gasteiger partial charge is 0.358 e. The molecule has 2 rings (SSSR count). The van der Waals surface area contributed by atoms with E-state index in [-0.39, 0.29) is 6.04 Å². The first-order chi connectivity index (χ1) is 8.06. The second-order valence-corrected chi connectivity index (χ2v) is 5.13. The molecule has 0 saturated heterocycles. The zero-order chi connectivity index (χ0) is 12.6. The average molecular weight is 230 g/mol. The molecule has 0 aliphatic carbocycles. The molecule has 0 amide bonds. The lowest BCUT2D eigenvalue weighted by atomic mass is 9.94. The van der Waals surface area contributed by atoms with Crippen molar-refractivity contribution >= 4 is 10.9 Å². The summed E-state index contributed by atoms with van der Waals surface area (Å²) in [5.41, 5.74) is 11.4. The molecule has 1 heterocycles. The lowest BCUT2D eigenvalue weighted by Crippen LogP contribution is -2.17. The molecule has 1 unspecified atom stereocenters. The van der Waals surface area contributed by atoms with Crippen LogP contribution in [0, 0.1) is 12.8 Å². The van der Waals surface area contributed by atoms with Gasteiger partial charge in [-0.2, -0.15) is 0 Å². The van der Waals surface area contributed by atoms with Gasteiger partial charge in [-0.3, -0.25) is 0 Å². The molecule has 0 radical (unpaired) electrons. The first kappa shape index (κ1) is 12.2. The molecule has 3 N–H and O–H groups in total. The van der Waals surface area contributed by atoms with Gasteiger partial charge in [-0.05, 0) is 30.4 Å². The number of nitrogens with one attached hydrogen (secondary N) is 1. The van der Waals surface area contributed by atoms with Gasteiger partial charge in [-0.25, -0.2) is 0 Å². The molecule has 0 spiro atoms. The quantitative estimate of drug-likeness (QED) is 0.829. The Balaban J connectivity index is 2.68. The van der Waals surface area contributed by atoms with E-state index in [4.69, 9.17) is 5.73 Å². The number of fused-ring (bicyclic) bond motifs is 1. The molecule has 2 nitrogen and oxygen atoms in total. The molecule has 1 aromatic carbocycles. The number of para-hydroxylation sites is 1. The van der Waals surface area contributed by atoms with Crippen molar-refractivity contribution in [2.45, 2.75) is 40.2 Å². The molecule has 17 heavy (non-hydrogen) atoms. The van der Waals surface area contributed by atoms with Crippen molar-refractivity contribution in [3.63, 3.8) is 0 Å². The van der Waals surface area contributed by atoms with Gasteiger partial charge in [0.15, 0.2) is 0 Å². The Morgan fingerprint density at radius 1 is 1.29 bits per heavy atom. The van der Waals surface area contributed by atoms with Crippen LogP contribution >= 0.6 is 0 Å². The van der Waals surface area contributed by atoms with Crippen molar-refractivity contribution in [2.24, 2.45) is 11.7 Å². The Kier molecular flexibility index (Phi) is 3.25. The van der Waals surface area contributed by atoms with Crippen LogP contribution in [0.15, 0.2) is 18.2 Å². The number of hydrogen-bond acceptors (Lipinski definition) is 1. The number of aryl methyl sites for hydroxylation is 2. The highest BCUT2D eigenvalue weighted by Gasteiger charge is 2.18. The SMILES string of the molecule is CCc1cccc2c(C(N)C(C)C)c(C)[nH]c12. The first-order valence-electron chi connectivity index (χ1n) is 6.41. The Bertz CT molecular complexity index is 523. The van der Waals surface area contributed by atoms with Crippen LogP contribution in [0.1, 0.15) is 43.6 Å². The summed E-state index contributed by atoms with van der Waals surface area (Å²) >= 11 is 0. The fourth-order valence-corrected chi connectivity index (χ4v) is 2.49. The van der Waals surface area contributed by atoms with Crippen LogP contribution in [-0.2, 0) is 6.42 Å². The average Bonchev–Trinajstić information content (AvgIpc) is 2.63. The van der Waals surface area contributed by atoms with Crippen molar-refractivity contribution in [3.8, 4) is 0 Å². The zero-order valence-corrected chi connectivity index (χ0v) is 11.2. The van der Waals surface area contributed by atoms with Crippen molar-refractivity contribution < 1.29 is 0 Å². The molecule has 2 aromatic rings. The van der Waals surface area contributed by atoms with Gasteiger partial charge >= 0.3 is 0 Å². The summed E-state index contributed by atoms with van der Waals surface area (Å²) in [5.74, 6) is 0.456. The third-order valence-corrected chi connectivity index (χ3v) is 3.59. The third kappa shape index (κ3) is 1.98. The minimum Gasteiger partial charge on any atom is -0.358 e. The van der Waals surface area contributed by atoms with E-state index >= 15 is 0 Å².